The molecule has 1 aromatic rings. The molecule has 3 N–H and O–H groups in total. The maximum atomic E-state index is 11.9. The normalized spacial score (nSPS) is 11.9. The van der Waals surface area contributed by atoms with Gasteiger partial charge in [0, 0.05) is 13.0 Å². The second-order valence-electron chi connectivity index (χ2n) is 3.81. The molecule has 0 radical (unpaired) electrons. The monoisotopic (exact) mass is 271 g/mol. The molecule has 0 spiro atoms. The number of carboxylic acid groups (broad SMARTS) is 1. The van der Waals surface area contributed by atoms with Crippen molar-refractivity contribution in [3.8, 4) is 0 Å². The summed E-state index contributed by atoms with van der Waals surface area (Å²) in [5, 5.41) is 20.2. The van der Waals surface area contributed by atoms with Crippen LogP contribution in [0, 0.1) is 6.92 Å². The van der Waals surface area contributed by atoms with Gasteiger partial charge in [-0.3, -0.25) is 4.79 Å². The summed E-state index contributed by atoms with van der Waals surface area (Å²) in [6.45, 7) is 1.43. The molecule has 0 aliphatic carbocycles. The van der Waals surface area contributed by atoms with Gasteiger partial charge in [0.2, 0.25) is 0 Å². The van der Waals surface area contributed by atoms with Crippen molar-refractivity contribution in [2.75, 3.05) is 6.61 Å². The van der Waals surface area contributed by atoms with Gasteiger partial charge in [-0.25, -0.2) is 4.79 Å². The number of aliphatic carboxylic acids is 1. The predicted octanol–water partition coefficient (Wildman–Crippen LogP) is 1.21. The molecule has 0 bridgehead atoms. The van der Waals surface area contributed by atoms with Crippen molar-refractivity contribution in [3.63, 3.8) is 0 Å². The summed E-state index contributed by atoms with van der Waals surface area (Å²) in [7, 11) is 0. The van der Waals surface area contributed by atoms with Crippen LogP contribution in [-0.4, -0.2) is 34.7 Å². The van der Waals surface area contributed by atoms with Crippen molar-refractivity contribution in [1.29, 1.82) is 0 Å². The van der Waals surface area contributed by atoms with Crippen molar-refractivity contribution in [3.05, 3.63) is 34.3 Å². The van der Waals surface area contributed by atoms with Crippen LogP contribution in [0.1, 0.15) is 22.3 Å². The van der Waals surface area contributed by atoms with Gasteiger partial charge in [0.25, 0.3) is 5.91 Å². The molecule has 1 rings (SSSR count). The number of carboxylic acids is 1. The third-order valence-corrected chi connectivity index (χ3v) is 2.96. The fraction of sp³-hybridized carbons (Fsp3) is 0.333. The van der Waals surface area contributed by atoms with Crippen LogP contribution in [0.4, 0.5) is 0 Å². The van der Waals surface area contributed by atoms with E-state index in [9.17, 15) is 9.59 Å². The fourth-order valence-corrected chi connectivity index (χ4v) is 1.66. The molecule has 5 nitrogen and oxygen atoms in total. The van der Waals surface area contributed by atoms with E-state index >= 15 is 0 Å². The lowest BCUT2D eigenvalue weighted by atomic mass is 10.1. The largest absolute Gasteiger partial charge is 0.480 e. The van der Waals surface area contributed by atoms with E-state index in [0.29, 0.717) is 5.02 Å². The number of aliphatic hydroxyl groups is 1. The van der Waals surface area contributed by atoms with Gasteiger partial charge in [0.05, 0.1) is 10.6 Å². The Balaban J connectivity index is 2.87. The molecule has 0 aromatic heterocycles. The van der Waals surface area contributed by atoms with Crippen molar-refractivity contribution in [2.45, 2.75) is 19.4 Å². The SMILES string of the molecule is Cc1cccc(C(=O)N[C@H](CCO)C(=O)O)c1Cl. The lowest BCUT2D eigenvalue weighted by Gasteiger charge is -2.14. The minimum Gasteiger partial charge on any atom is -0.480 e. The van der Waals surface area contributed by atoms with Crippen LogP contribution in [-0.2, 0) is 4.79 Å². The number of aryl methyl sites for hydroxylation is 1. The van der Waals surface area contributed by atoms with E-state index in [1.807, 2.05) is 0 Å². The number of rotatable bonds is 5. The standard InChI is InChI=1S/C12H14ClNO4/c1-7-3-2-4-8(10(7)13)11(16)14-9(5-6-15)12(17)18/h2-4,9,15H,5-6H2,1H3,(H,14,16)(H,17,18)/t9-/m1/s1. The fourth-order valence-electron chi connectivity index (χ4n) is 1.45. The van der Waals surface area contributed by atoms with Crippen molar-refractivity contribution in [2.24, 2.45) is 0 Å². The first-order valence-corrected chi connectivity index (χ1v) is 5.74. The zero-order valence-electron chi connectivity index (χ0n) is 9.81. The van der Waals surface area contributed by atoms with Gasteiger partial charge in [-0.2, -0.15) is 0 Å². The second-order valence-corrected chi connectivity index (χ2v) is 4.19. The highest BCUT2D eigenvalue weighted by Gasteiger charge is 2.21. The Hall–Kier alpha value is -1.59. The van der Waals surface area contributed by atoms with Gasteiger partial charge < -0.3 is 15.5 Å². The summed E-state index contributed by atoms with van der Waals surface area (Å²) in [4.78, 5) is 22.7. The van der Waals surface area contributed by atoms with E-state index in [2.05, 4.69) is 5.32 Å². The van der Waals surface area contributed by atoms with Crippen LogP contribution < -0.4 is 5.32 Å². The molecule has 0 heterocycles. The lowest BCUT2D eigenvalue weighted by Crippen LogP contribution is -2.41. The molecular weight excluding hydrogens is 258 g/mol. The first-order chi connectivity index (χ1) is 8.47. The van der Waals surface area contributed by atoms with E-state index in [1.54, 1.807) is 19.1 Å². The van der Waals surface area contributed by atoms with Gasteiger partial charge in [-0.1, -0.05) is 23.7 Å². The highest BCUT2D eigenvalue weighted by molar-refractivity contribution is 6.34. The van der Waals surface area contributed by atoms with E-state index in [0.717, 1.165) is 5.56 Å². The molecule has 6 heteroatoms. The highest BCUT2D eigenvalue weighted by Crippen LogP contribution is 2.20. The molecule has 18 heavy (non-hydrogen) atoms. The minimum atomic E-state index is -1.19. The Labute approximate surface area is 109 Å². The summed E-state index contributed by atoms with van der Waals surface area (Å²) < 4.78 is 0. The number of hydrogen-bond donors (Lipinski definition) is 3. The van der Waals surface area contributed by atoms with E-state index < -0.39 is 17.9 Å². The van der Waals surface area contributed by atoms with E-state index in [4.69, 9.17) is 21.8 Å². The van der Waals surface area contributed by atoms with Gasteiger partial charge in [0.1, 0.15) is 6.04 Å². The van der Waals surface area contributed by atoms with Crippen LogP contribution >= 0.6 is 11.6 Å². The average molecular weight is 272 g/mol. The number of hydrogen-bond acceptors (Lipinski definition) is 3. The second kappa shape index (κ2) is 6.37. The molecule has 1 aromatic carbocycles. The van der Waals surface area contributed by atoms with Crippen LogP contribution in [0.25, 0.3) is 0 Å². The zero-order valence-corrected chi connectivity index (χ0v) is 10.6. The molecule has 0 unspecified atom stereocenters. The Morgan fingerprint density at radius 2 is 2.11 bits per heavy atom. The zero-order chi connectivity index (χ0) is 13.7. The van der Waals surface area contributed by atoms with Crippen LogP contribution in [0.2, 0.25) is 5.02 Å². The molecule has 98 valence electrons. The third-order valence-electron chi connectivity index (χ3n) is 2.46. The number of carbonyl (C=O) groups is 2. The van der Waals surface area contributed by atoms with Crippen LogP contribution in [0.3, 0.4) is 0 Å². The number of benzene rings is 1. The highest BCUT2D eigenvalue weighted by atomic mass is 35.5. The number of aliphatic hydroxyl groups excluding tert-OH is 1. The summed E-state index contributed by atoms with van der Waals surface area (Å²) in [6.07, 6.45) is -0.0511. The smallest absolute Gasteiger partial charge is 0.326 e. The Morgan fingerprint density at radius 1 is 1.44 bits per heavy atom. The van der Waals surface area contributed by atoms with Crippen molar-refractivity contribution >= 4 is 23.5 Å². The molecule has 1 atom stereocenters. The lowest BCUT2D eigenvalue weighted by molar-refractivity contribution is -0.139. The van der Waals surface area contributed by atoms with Gasteiger partial charge in [-0.15, -0.1) is 0 Å². The first kappa shape index (κ1) is 14.5. The Morgan fingerprint density at radius 3 is 2.67 bits per heavy atom. The van der Waals surface area contributed by atoms with Crippen molar-refractivity contribution in [1.82, 2.24) is 5.32 Å². The maximum absolute atomic E-state index is 11.9. The van der Waals surface area contributed by atoms with Gasteiger partial charge in [-0.05, 0) is 18.6 Å². The summed E-state index contributed by atoms with van der Waals surface area (Å²) >= 11 is 5.97. The average Bonchev–Trinajstić information content (AvgIpc) is 2.31. The van der Waals surface area contributed by atoms with E-state index in [-0.39, 0.29) is 18.6 Å². The minimum absolute atomic E-state index is 0.0511. The number of nitrogens with one attached hydrogen (secondary N) is 1. The number of carbonyl (C=O) groups excluding carboxylic acids is 1. The maximum Gasteiger partial charge on any atom is 0.326 e. The molecular formula is C12H14ClNO4. The summed E-state index contributed by atoms with van der Waals surface area (Å²) in [5.74, 6) is -1.76. The Kier molecular flexibility index (Phi) is 5.12. The number of amides is 1. The predicted molar refractivity (Wildman–Crippen MR) is 66.8 cm³/mol. The molecule has 0 saturated heterocycles. The molecule has 1 amide bonds. The molecule has 0 fully saturated rings. The van der Waals surface area contributed by atoms with Crippen LogP contribution in [0.15, 0.2) is 18.2 Å². The quantitative estimate of drug-likeness (QED) is 0.751. The van der Waals surface area contributed by atoms with Crippen molar-refractivity contribution < 1.29 is 19.8 Å². The topological polar surface area (TPSA) is 86.6 Å². The number of halogens is 1. The van der Waals surface area contributed by atoms with E-state index in [1.165, 1.54) is 6.07 Å². The van der Waals surface area contributed by atoms with Gasteiger partial charge >= 0.3 is 5.97 Å². The third kappa shape index (κ3) is 3.45. The Bertz CT molecular complexity index is 461. The molecule has 0 aliphatic rings. The van der Waals surface area contributed by atoms with Crippen LogP contribution in [0.5, 0.6) is 0 Å². The summed E-state index contributed by atoms with van der Waals surface area (Å²) in [6, 6.07) is 3.81. The molecule has 0 saturated carbocycles. The van der Waals surface area contributed by atoms with Gasteiger partial charge in [0.15, 0.2) is 0 Å². The first-order valence-electron chi connectivity index (χ1n) is 5.37. The summed E-state index contributed by atoms with van der Waals surface area (Å²) in [5.41, 5.74) is 0.958. The molecule has 0 aliphatic heterocycles.